The summed E-state index contributed by atoms with van der Waals surface area (Å²) < 4.78 is 41.6. The van der Waals surface area contributed by atoms with Crippen LogP contribution in [0.5, 0.6) is 0 Å². The third-order valence-corrected chi connectivity index (χ3v) is 23.5. The van der Waals surface area contributed by atoms with E-state index in [9.17, 15) is 24.0 Å². The quantitative estimate of drug-likeness (QED) is 0.0422. The van der Waals surface area contributed by atoms with Crippen molar-refractivity contribution in [3.05, 3.63) is 0 Å². The molecule has 11 rings (SSSR count). The maximum Gasteiger partial charge on any atom is 0.312 e. The molecule has 12 heteroatoms. The molecule has 0 N–H and O–H groups in total. The van der Waals surface area contributed by atoms with Gasteiger partial charge in [-0.3, -0.25) is 24.0 Å². The molecular weight excluding hydrogens is 1030 g/mol. The molecule has 470 valence electrons. The van der Waals surface area contributed by atoms with Crippen molar-refractivity contribution in [1.29, 1.82) is 0 Å². The van der Waals surface area contributed by atoms with Crippen molar-refractivity contribution in [2.24, 2.45) is 80.3 Å². The lowest BCUT2D eigenvalue weighted by molar-refractivity contribution is -0.258. The molecule has 11 unspecified atom stereocenters. The Morgan fingerprint density at radius 1 is 0.561 bits per heavy atom. The molecule has 0 aromatic rings. The fourth-order valence-electron chi connectivity index (χ4n) is 17.0. The van der Waals surface area contributed by atoms with Gasteiger partial charge in [-0.25, -0.2) is 0 Å². The summed E-state index contributed by atoms with van der Waals surface area (Å²) in [4.78, 5) is 61.3. The first kappa shape index (κ1) is 66.8. The van der Waals surface area contributed by atoms with Gasteiger partial charge in [-0.15, -0.1) is 0 Å². The van der Waals surface area contributed by atoms with Crippen molar-refractivity contribution < 1.29 is 57.1 Å². The molecular formula is C70H118O12. The van der Waals surface area contributed by atoms with Gasteiger partial charge < -0.3 is 33.2 Å². The molecule has 11 fully saturated rings. The first-order valence-corrected chi connectivity index (χ1v) is 33.5. The molecule has 1 heterocycles. The molecule has 12 nitrogen and oxygen atoms in total. The molecule has 10 saturated carbocycles. The zero-order valence-corrected chi connectivity index (χ0v) is 55.3. The molecule has 10 aliphatic carbocycles. The van der Waals surface area contributed by atoms with Crippen LogP contribution < -0.4 is 0 Å². The number of carbonyl (C=O) groups is 5. The highest BCUT2D eigenvalue weighted by Gasteiger charge is 2.68. The largest absolute Gasteiger partial charge is 0.459 e. The number of fused-ring (bicyclic) bond motifs is 10. The van der Waals surface area contributed by atoms with E-state index in [2.05, 4.69) is 55.4 Å². The Hall–Kier alpha value is -2.73. The van der Waals surface area contributed by atoms with Gasteiger partial charge in [0.15, 0.2) is 5.60 Å². The summed E-state index contributed by atoms with van der Waals surface area (Å²) >= 11 is 0. The topological polar surface area (TPSA) is 150 Å². The van der Waals surface area contributed by atoms with E-state index in [4.69, 9.17) is 33.2 Å². The Bertz CT molecular complexity index is 2210. The van der Waals surface area contributed by atoms with E-state index >= 15 is 0 Å². The highest BCUT2D eigenvalue weighted by molar-refractivity contribution is 5.79. The highest BCUT2D eigenvalue weighted by atomic mass is 16.7. The van der Waals surface area contributed by atoms with Crippen LogP contribution in [0.15, 0.2) is 0 Å². The van der Waals surface area contributed by atoms with E-state index in [1.54, 1.807) is 0 Å². The first-order valence-electron chi connectivity index (χ1n) is 33.5. The normalized spacial score (nSPS) is 35.5. The average Bonchev–Trinajstić information content (AvgIpc) is 1.68. The van der Waals surface area contributed by atoms with E-state index < -0.39 is 16.4 Å². The van der Waals surface area contributed by atoms with Crippen molar-refractivity contribution in [3.8, 4) is 0 Å². The number of hydrogen-bond donors (Lipinski definition) is 0. The minimum absolute atomic E-state index is 0.0226. The Morgan fingerprint density at radius 3 is 1.59 bits per heavy atom. The third kappa shape index (κ3) is 14.3. The van der Waals surface area contributed by atoms with Crippen LogP contribution in [0.3, 0.4) is 0 Å². The van der Waals surface area contributed by atoms with E-state index in [-0.39, 0.29) is 81.0 Å². The van der Waals surface area contributed by atoms with Gasteiger partial charge in [0.05, 0.1) is 40.3 Å². The number of carbonyl (C=O) groups excluding carboxylic acids is 5. The summed E-state index contributed by atoms with van der Waals surface area (Å²) in [5.74, 6) is 6.56. The summed E-state index contributed by atoms with van der Waals surface area (Å²) in [6.07, 6.45) is 25.5. The molecule has 11 aliphatic rings. The average molecular weight is 1150 g/mol. The predicted octanol–water partition coefficient (Wildman–Crippen LogP) is 16.4. The number of ether oxygens (including phenoxy) is 7. The summed E-state index contributed by atoms with van der Waals surface area (Å²) in [6, 6.07) is 0. The van der Waals surface area contributed by atoms with Crippen molar-refractivity contribution in [2.75, 3.05) is 13.4 Å². The molecule has 1 saturated heterocycles. The van der Waals surface area contributed by atoms with E-state index in [0.717, 1.165) is 139 Å². The van der Waals surface area contributed by atoms with E-state index in [1.165, 1.54) is 44.9 Å². The molecule has 0 aromatic carbocycles. The van der Waals surface area contributed by atoms with Crippen LogP contribution in [-0.4, -0.2) is 77.4 Å². The standard InChI is InChI=1S/C22H38O4.C20H32O2.C14H22O4.C14H26O2/c1-7-20(5,6)18(23)26-22-11-16-8-17(12-22)10-21(9-16,13-22)25-15-24-14-19(2,3)4;1-5-19(3,4)18(21)22-20(6-2)11-14-10-15(20)17-13-8-7-12(9-13)16(14)17;1-4-13(2,3)12(16)18-14-8-6-5-7-10(14)17-11(15)9-14;1-6-13(4,5)12(15)16-14(11(2)3)9-7-8-10-14/h16-17H,7-15H2,1-6H3;12-17H,5-11H2,1-4H3;10H,4-9H2,1-3H3;11H,6-10H2,1-5H3. The van der Waals surface area contributed by atoms with E-state index in [1.807, 2.05) is 69.2 Å². The highest BCUT2D eigenvalue weighted by Crippen LogP contribution is 2.71. The van der Waals surface area contributed by atoms with Crippen LogP contribution in [-0.2, 0) is 57.1 Å². The molecule has 11 atom stereocenters. The van der Waals surface area contributed by atoms with Crippen molar-refractivity contribution in [1.82, 2.24) is 0 Å². The summed E-state index contributed by atoms with van der Waals surface area (Å²) in [7, 11) is 0. The van der Waals surface area contributed by atoms with Gasteiger partial charge in [0, 0.05) is 12.3 Å². The van der Waals surface area contributed by atoms with Crippen LogP contribution in [0.4, 0.5) is 0 Å². The predicted molar refractivity (Wildman–Crippen MR) is 321 cm³/mol. The first-order chi connectivity index (χ1) is 38.1. The van der Waals surface area contributed by atoms with Gasteiger partial charge in [-0.1, -0.05) is 69.2 Å². The molecule has 0 aromatic heterocycles. The summed E-state index contributed by atoms with van der Waals surface area (Å²) in [5, 5.41) is 0. The maximum atomic E-state index is 12.8. The lowest BCUT2D eigenvalue weighted by Gasteiger charge is -2.60. The second-order valence-electron chi connectivity index (χ2n) is 32.6. The third-order valence-electron chi connectivity index (χ3n) is 23.5. The lowest BCUT2D eigenvalue weighted by atomic mass is 9.52. The van der Waals surface area contributed by atoms with Gasteiger partial charge in [-0.05, 0) is 256 Å². The summed E-state index contributed by atoms with van der Waals surface area (Å²) in [5.41, 5.74) is -2.89. The van der Waals surface area contributed by atoms with Gasteiger partial charge in [-0.2, -0.15) is 0 Å². The molecule has 82 heavy (non-hydrogen) atoms. The van der Waals surface area contributed by atoms with Gasteiger partial charge in [0.1, 0.15) is 29.7 Å². The fraction of sp³-hybridized carbons (Fsp3) is 0.929. The van der Waals surface area contributed by atoms with Crippen LogP contribution in [0, 0.1) is 80.3 Å². The molecule has 1 aliphatic heterocycles. The van der Waals surface area contributed by atoms with Crippen molar-refractivity contribution in [2.45, 2.75) is 319 Å². The van der Waals surface area contributed by atoms with Crippen LogP contribution in [0.25, 0.3) is 0 Å². The lowest BCUT2D eigenvalue weighted by Crippen LogP contribution is -2.62. The Balaban J connectivity index is 0.000000160. The van der Waals surface area contributed by atoms with Gasteiger partial charge in [0.25, 0.3) is 0 Å². The minimum atomic E-state index is -0.682. The smallest absolute Gasteiger partial charge is 0.312 e. The van der Waals surface area contributed by atoms with Gasteiger partial charge in [0.2, 0.25) is 0 Å². The van der Waals surface area contributed by atoms with Gasteiger partial charge >= 0.3 is 29.8 Å². The molecule has 0 spiro atoms. The van der Waals surface area contributed by atoms with Crippen molar-refractivity contribution >= 4 is 29.8 Å². The zero-order valence-electron chi connectivity index (χ0n) is 55.3. The monoisotopic (exact) mass is 1150 g/mol. The second kappa shape index (κ2) is 25.2. The van der Waals surface area contributed by atoms with Crippen LogP contribution in [0.1, 0.15) is 285 Å². The fourth-order valence-corrected chi connectivity index (χ4v) is 17.0. The molecule has 0 radical (unpaired) electrons. The molecule has 0 amide bonds. The van der Waals surface area contributed by atoms with Crippen LogP contribution in [0.2, 0.25) is 0 Å². The Kier molecular flexibility index (Phi) is 20.5. The Labute approximate surface area is 497 Å². The second-order valence-corrected chi connectivity index (χ2v) is 32.6. The SMILES string of the molecule is CCC(C)(C)C(=O)OC1(C(C)C)CCCC1.CCC(C)(C)C(=O)OC1(CC)CC2CC1C1C3CCC(C3)C21.CCC(C)(C)C(=O)OC12CC3CC(CC(OCOCC(C)(C)C)(C3)C1)C2.CCC(C)(C)C(=O)OC12CCCCC1OC(=O)C2. The minimum Gasteiger partial charge on any atom is -0.459 e. The van der Waals surface area contributed by atoms with Crippen molar-refractivity contribution in [3.63, 3.8) is 0 Å². The Morgan fingerprint density at radius 2 is 1.06 bits per heavy atom. The summed E-state index contributed by atoms with van der Waals surface area (Å²) in [6.45, 7) is 38.0. The maximum absolute atomic E-state index is 12.8. The number of esters is 5. The zero-order chi connectivity index (χ0) is 60.7. The van der Waals surface area contributed by atoms with Crippen LogP contribution >= 0.6 is 0 Å². The number of rotatable bonds is 18. The van der Waals surface area contributed by atoms with E-state index in [0.29, 0.717) is 37.1 Å². The number of hydrogen-bond acceptors (Lipinski definition) is 12. The molecule has 8 bridgehead atoms.